The molecule has 0 saturated carbocycles. The average molecular weight is 455 g/mol. The molecular weight excluding hydrogens is 402 g/mol. The molecule has 0 aromatic heterocycles. The highest BCUT2D eigenvalue weighted by Crippen LogP contribution is 2.61. The van der Waals surface area contributed by atoms with E-state index in [1.54, 1.807) is 24.6 Å². The second kappa shape index (κ2) is 21.8. The van der Waals surface area contributed by atoms with E-state index in [1.807, 2.05) is 13.8 Å². The molecule has 0 rings (SSSR count). The van der Waals surface area contributed by atoms with Gasteiger partial charge in [0.2, 0.25) is 0 Å². The maximum absolute atomic E-state index is 11.0. The second-order valence-corrected chi connectivity index (χ2v) is 14.0. The van der Waals surface area contributed by atoms with Crippen LogP contribution in [0.1, 0.15) is 112 Å². The molecule has 0 spiro atoms. The summed E-state index contributed by atoms with van der Waals surface area (Å²) < 4.78 is 20.2. The monoisotopic (exact) mass is 454 g/mol. The maximum atomic E-state index is 11.0. The van der Waals surface area contributed by atoms with Crippen molar-refractivity contribution in [3.8, 4) is 0 Å². The molecule has 0 bridgehead atoms. The molecule has 178 valence electrons. The Bertz CT molecular complexity index is 342. The summed E-state index contributed by atoms with van der Waals surface area (Å²) >= 11 is 0. The summed E-state index contributed by atoms with van der Waals surface area (Å²) in [5.41, 5.74) is 0. The van der Waals surface area contributed by atoms with Crippen molar-refractivity contribution in [3.63, 3.8) is 0 Å². The average Bonchev–Trinajstić information content (AvgIpc) is 2.70. The van der Waals surface area contributed by atoms with Crippen molar-refractivity contribution < 1.29 is 18.5 Å². The highest BCUT2D eigenvalue weighted by atomic mass is 31.2. The van der Waals surface area contributed by atoms with E-state index in [0.717, 1.165) is 25.7 Å². The van der Waals surface area contributed by atoms with Crippen LogP contribution in [0.25, 0.3) is 0 Å². The van der Waals surface area contributed by atoms with Crippen LogP contribution in [0.15, 0.2) is 0 Å². The maximum Gasteiger partial charge on any atom is 0.267 e. The Morgan fingerprint density at radius 2 is 0.931 bits per heavy atom. The van der Waals surface area contributed by atoms with Crippen LogP contribution < -0.4 is 4.89 Å². The number of unbranched alkanes of at least 4 members (excludes halogenated alkanes) is 5. The van der Waals surface area contributed by atoms with Crippen molar-refractivity contribution in [3.05, 3.63) is 0 Å². The lowest BCUT2D eigenvalue weighted by Crippen LogP contribution is -2.12. The molecule has 0 amide bonds. The van der Waals surface area contributed by atoms with Gasteiger partial charge >= 0.3 is 0 Å². The van der Waals surface area contributed by atoms with E-state index in [0.29, 0.717) is 0 Å². The smallest absolute Gasteiger partial charge is 0.267 e. The summed E-state index contributed by atoms with van der Waals surface area (Å²) in [6.07, 6.45) is 19.7. The van der Waals surface area contributed by atoms with Gasteiger partial charge in [-0.15, -0.1) is 0 Å². The van der Waals surface area contributed by atoms with Gasteiger partial charge in [-0.2, -0.15) is 0 Å². The van der Waals surface area contributed by atoms with Gasteiger partial charge in [0.25, 0.3) is 7.82 Å². The molecule has 0 aliphatic carbocycles. The highest BCUT2D eigenvalue weighted by Gasteiger charge is 2.33. The molecule has 0 aliphatic heterocycles. The zero-order chi connectivity index (χ0) is 22.4. The lowest BCUT2D eigenvalue weighted by Gasteiger charge is -2.27. The Labute approximate surface area is 183 Å². The van der Waals surface area contributed by atoms with Crippen LogP contribution in [0.3, 0.4) is 0 Å². The Morgan fingerprint density at radius 1 is 0.586 bits per heavy atom. The second-order valence-electron chi connectivity index (χ2n) is 8.12. The third-order valence-corrected chi connectivity index (χ3v) is 11.3. The lowest BCUT2D eigenvalue weighted by molar-refractivity contribution is -0.225. The van der Waals surface area contributed by atoms with Crippen LogP contribution in [0.5, 0.6) is 0 Å². The van der Waals surface area contributed by atoms with Gasteiger partial charge in [-0.1, -0.05) is 73.6 Å². The summed E-state index contributed by atoms with van der Waals surface area (Å²) in [6.45, 7) is 13.8. The molecule has 0 saturated heterocycles. The molecule has 0 aliphatic rings. The highest BCUT2D eigenvalue weighted by molar-refractivity contribution is 7.75. The Kier molecular flexibility index (Phi) is 23.8. The van der Waals surface area contributed by atoms with Crippen molar-refractivity contribution in [1.29, 1.82) is 0 Å². The van der Waals surface area contributed by atoms with E-state index >= 15 is 0 Å². The minimum Gasteiger partial charge on any atom is -0.756 e. The first-order chi connectivity index (χ1) is 13.9. The zero-order valence-corrected chi connectivity index (χ0v) is 22.3. The fraction of sp³-hybridized carbons (Fsp3) is 1.00. The number of rotatable bonds is 19. The largest absolute Gasteiger partial charge is 0.756 e. The summed E-state index contributed by atoms with van der Waals surface area (Å²) in [5, 5.41) is 0. The van der Waals surface area contributed by atoms with Crippen LogP contribution >= 0.6 is 15.1 Å². The van der Waals surface area contributed by atoms with Crippen molar-refractivity contribution in [1.82, 2.24) is 0 Å². The fourth-order valence-electron chi connectivity index (χ4n) is 3.30. The predicted octanol–water partition coefficient (Wildman–Crippen LogP) is 7.90. The molecule has 0 fully saturated rings. The fourth-order valence-corrected chi connectivity index (χ4v) is 9.34. The summed E-state index contributed by atoms with van der Waals surface area (Å²) in [7, 11) is -4.55. The van der Waals surface area contributed by atoms with Gasteiger partial charge in [-0.3, -0.25) is 4.57 Å². The lowest BCUT2D eigenvalue weighted by atomic mass is 10.4. The van der Waals surface area contributed by atoms with Crippen molar-refractivity contribution in [2.75, 3.05) is 37.9 Å². The van der Waals surface area contributed by atoms with Crippen molar-refractivity contribution in [2.24, 2.45) is 0 Å². The normalized spacial score (nSPS) is 12.0. The summed E-state index contributed by atoms with van der Waals surface area (Å²) in [5.74, 6) is 0. The van der Waals surface area contributed by atoms with Gasteiger partial charge < -0.3 is 13.9 Å². The van der Waals surface area contributed by atoms with Gasteiger partial charge in [0, 0.05) is 7.26 Å². The van der Waals surface area contributed by atoms with Crippen molar-refractivity contribution >= 4 is 15.1 Å². The third kappa shape index (κ3) is 20.2. The van der Waals surface area contributed by atoms with E-state index in [4.69, 9.17) is 0 Å². The standard InChI is InChI=1S/C15H34P.C8H19O4P/c1-5-9-13-16(12-8-4,14-10-6-2)15-11-7-3;1-3-5-7-11-13(9,10)12-8-6-4-2/h5-15H2,1-4H3;3-8H2,1-2H3,(H,9,10)/q+1;/p-1. The van der Waals surface area contributed by atoms with E-state index in [2.05, 4.69) is 36.7 Å². The molecule has 0 unspecified atom stereocenters. The van der Waals surface area contributed by atoms with Crippen LogP contribution in [-0.4, -0.2) is 37.9 Å². The minimum absolute atomic E-state index is 0.226. The third-order valence-electron chi connectivity index (χ3n) is 5.15. The Hall–Kier alpha value is 0.540. The molecule has 4 nitrogen and oxygen atoms in total. The minimum atomic E-state index is -4.00. The Morgan fingerprint density at radius 3 is 1.21 bits per heavy atom. The number of hydrogen-bond acceptors (Lipinski definition) is 4. The van der Waals surface area contributed by atoms with Crippen LogP contribution in [-0.2, 0) is 13.6 Å². The molecule has 0 aromatic carbocycles. The van der Waals surface area contributed by atoms with Crippen LogP contribution in [0.2, 0.25) is 0 Å². The van der Waals surface area contributed by atoms with Gasteiger partial charge in [0.1, 0.15) is 0 Å². The van der Waals surface area contributed by atoms with Crippen LogP contribution in [0.4, 0.5) is 0 Å². The molecule has 0 N–H and O–H groups in total. The number of hydrogen-bond donors (Lipinski definition) is 0. The quantitative estimate of drug-likeness (QED) is 0.147. The first-order valence-corrected chi connectivity index (χ1v) is 16.3. The molecule has 0 atom stereocenters. The molecule has 0 aromatic rings. The van der Waals surface area contributed by atoms with E-state index in [9.17, 15) is 9.46 Å². The first kappa shape index (κ1) is 31.7. The number of phosphoric acid groups is 1. The summed E-state index contributed by atoms with van der Waals surface area (Å²) in [6, 6.07) is 0. The zero-order valence-electron chi connectivity index (χ0n) is 20.5. The van der Waals surface area contributed by atoms with E-state index < -0.39 is 15.1 Å². The van der Waals surface area contributed by atoms with Crippen LogP contribution in [0, 0.1) is 0 Å². The molecule has 29 heavy (non-hydrogen) atoms. The van der Waals surface area contributed by atoms with Gasteiger partial charge in [0.15, 0.2) is 0 Å². The summed E-state index contributed by atoms with van der Waals surface area (Å²) in [4.78, 5) is 11.0. The SMILES string of the molecule is CCCCOP(=O)([O-])OCCCC.CCCC[P+](CCC)(CCCC)CCCC. The first-order valence-electron chi connectivity index (χ1n) is 12.3. The topological polar surface area (TPSA) is 58.6 Å². The Balaban J connectivity index is 0. The molecule has 0 radical (unpaired) electrons. The molecule has 0 heterocycles. The van der Waals surface area contributed by atoms with Gasteiger partial charge in [0.05, 0.1) is 37.9 Å². The van der Waals surface area contributed by atoms with Crippen molar-refractivity contribution in [2.45, 2.75) is 112 Å². The van der Waals surface area contributed by atoms with Gasteiger partial charge in [-0.25, -0.2) is 0 Å². The molecule has 6 heteroatoms. The number of phosphoric ester groups is 1. The predicted molar refractivity (Wildman–Crippen MR) is 131 cm³/mol. The van der Waals surface area contributed by atoms with E-state index in [-0.39, 0.29) is 13.2 Å². The van der Waals surface area contributed by atoms with E-state index in [1.165, 1.54) is 44.9 Å². The van der Waals surface area contributed by atoms with Gasteiger partial charge in [-0.05, 0) is 38.5 Å². The molecular formula is C23H52O4P2.